The molecular weight excluding hydrogens is 228 g/mol. The zero-order valence-corrected chi connectivity index (χ0v) is 9.21. The number of carbonyl (C=O) groups excluding carboxylic acids is 1. The number of furan rings is 1. The standard InChI is InChI=1S/C11H8O4S/c1-6-4-16-5-7(6)10(12)8-2-3-9(15-8)11(13)14/h2-5H,1H3,(H,13,14). The van der Waals surface area contributed by atoms with Gasteiger partial charge in [-0.2, -0.15) is 11.3 Å². The van der Waals surface area contributed by atoms with E-state index in [2.05, 4.69) is 0 Å². The minimum atomic E-state index is -1.18. The molecule has 2 rings (SSSR count). The number of aryl methyl sites for hydroxylation is 1. The summed E-state index contributed by atoms with van der Waals surface area (Å²) >= 11 is 1.42. The molecule has 0 radical (unpaired) electrons. The Balaban J connectivity index is 2.35. The molecule has 0 aromatic carbocycles. The highest BCUT2D eigenvalue weighted by molar-refractivity contribution is 7.08. The van der Waals surface area contributed by atoms with Gasteiger partial charge in [-0.15, -0.1) is 0 Å². The molecule has 0 amide bonds. The van der Waals surface area contributed by atoms with E-state index in [1.807, 2.05) is 12.3 Å². The van der Waals surface area contributed by atoms with Crippen molar-refractivity contribution in [3.05, 3.63) is 45.5 Å². The van der Waals surface area contributed by atoms with E-state index in [1.54, 1.807) is 5.38 Å². The van der Waals surface area contributed by atoms with Crippen LogP contribution in [0.5, 0.6) is 0 Å². The third-order valence-corrected chi connectivity index (χ3v) is 3.00. The molecule has 0 unspecified atom stereocenters. The minimum Gasteiger partial charge on any atom is -0.475 e. The molecule has 0 atom stereocenters. The van der Waals surface area contributed by atoms with Crippen LogP contribution >= 0.6 is 11.3 Å². The molecule has 2 heterocycles. The number of thiophene rings is 1. The quantitative estimate of drug-likeness (QED) is 0.831. The number of hydrogen-bond donors (Lipinski definition) is 1. The van der Waals surface area contributed by atoms with Crippen molar-refractivity contribution in [2.45, 2.75) is 6.92 Å². The largest absolute Gasteiger partial charge is 0.475 e. The van der Waals surface area contributed by atoms with Crippen molar-refractivity contribution in [1.82, 2.24) is 0 Å². The first-order valence-electron chi connectivity index (χ1n) is 4.50. The monoisotopic (exact) mass is 236 g/mol. The molecule has 0 aliphatic carbocycles. The van der Waals surface area contributed by atoms with Crippen molar-refractivity contribution < 1.29 is 19.1 Å². The van der Waals surface area contributed by atoms with Gasteiger partial charge in [-0.3, -0.25) is 4.79 Å². The van der Waals surface area contributed by atoms with Gasteiger partial charge in [-0.05, 0) is 30.0 Å². The van der Waals surface area contributed by atoms with Crippen LogP contribution in [0.15, 0.2) is 27.3 Å². The molecule has 16 heavy (non-hydrogen) atoms. The highest BCUT2D eigenvalue weighted by Crippen LogP contribution is 2.19. The Morgan fingerprint density at radius 2 is 1.94 bits per heavy atom. The minimum absolute atomic E-state index is 0.0545. The van der Waals surface area contributed by atoms with Crippen LogP contribution < -0.4 is 0 Å². The Hall–Kier alpha value is -1.88. The Kier molecular flexibility index (Phi) is 2.62. The number of hydrogen-bond acceptors (Lipinski definition) is 4. The number of carbonyl (C=O) groups is 2. The highest BCUT2D eigenvalue weighted by Gasteiger charge is 2.18. The Labute approximate surface area is 95.1 Å². The van der Waals surface area contributed by atoms with Crippen LogP contribution in [-0.4, -0.2) is 16.9 Å². The smallest absolute Gasteiger partial charge is 0.371 e. The first-order valence-corrected chi connectivity index (χ1v) is 5.44. The lowest BCUT2D eigenvalue weighted by atomic mass is 10.1. The second kappa shape index (κ2) is 3.94. The molecule has 5 heteroatoms. The van der Waals surface area contributed by atoms with Crippen molar-refractivity contribution >= 4 is 23.1 Å². The van der Waals surface area contributed by atoms with Crippen LogP contribution in [0.1, 0.15) is 32.2 Å². The van der Waals surface area contributed by atoms with Crippen LogP contribution in [0.25, 0.3) is 0 Å². The summed E-state index contributed by atoms with van der Waals surface area (Å²) in [4.78, 5) is 22.5. The van der Waals surface area contributed by atoms with Gasteiger partial charge in [0.05, 0.1) is 0 Å². The maximum absolute atomic E-state index is 11.9. The molecule has 4 nitrogen and oxygen atoms in total. The van der Waals surface area contributed by atoms with Gasteiger partial charge in [0, 0.05) is 10.9 Å². The fourth-order valence-corrected chi connectivity index (χ4v) is 2.13. The number of ketones is 1. The number of carboxylic acid groups (broad SMARTS) is 1. The van der Waals surface area contributed by atoms with E-state index in [1.165, 1.54) is 23.5 Å². The molecule has 0 spiro atoms. The summed E-state index contributed by atoms with van der Waals surface area (Å²) in [7, 11) is 0. The third-order valence-electron chi connectivity index (χ3n) is 2.14. The first-order chi connectivity index (χ1) is 7.59. The summed E-state index contributed by atoms with van der Waals surface area (Å²) in [6.07, 6.45) is 0. The molecule has 2 aromatic rings. The summed E-state index contributed by atoms with van der Waals surface area (Å²) < 4.78 is 4.94. The second-order valence-electron chi connectivity index (χ2n) is 3.27. The van der Waals surface area contributed by atoms with Gasteiger partial charge in [0.1, 0.15) is 0 Å². The average Bonchev–Trinajstić information content (AvgIpc) is 2.84. The van der Waals surface area contributed by atoms with E-state index < -0.39 is 5.97 Å². The first kappa shape index (κ1) is 10.6. The van der Waals surface area contributed by atoms with Crippen molar-refractivity contribution in [3.63, 3.8) is 0 Å². The fourth-order valence-electron chi connectivity index (χ4n) is 1.30. The average molecular weight is 236 g/mol. The van der Waals surface area contributed by atoms with Crippen molar-refractivity contribution in [2.75, 3.05) is 0 Å². The van der Waals surface area contributed by atoms with E-state index >= 15 is 0 Å². The lowest BCUT2D eigenvalue weighted by molar-refractivity contribution is 0.0660. The van der Waals surface area contributed by atoms with E-state index in [4.69, 9.17) is 9.52 Å². The topological polar surface area (TPSA) is 67.5 Å². The Morgan fingerprint density at radius 1 is 1.25 bits per heavy atom. The molecule has 0 aliphatic heterocycles. The van der Waals surface area contributed by atoms with Gasteiger partial charge in [-0.25, -0.2) is 4.79 Å². The molecule has 0 bridgehead atoms. The van der Waals surface area contributed by atoms with Crippen LogP contribution in [0.2, 0.25) is 0 Å². The van der Waals surface area contributed by atoms with Gasteiger partial charge in [0.15, 0.2) is 5.76 Å². The van der Waals surface area contributed by atoms with Gasteiger partial charge >= 0.3 is 5.97 Å². The van der Waals surface area contributed by atoms with E-state index in [0.29, 0.717) is 5.56 Å². The normalized spacial score (nSPS) is 10.3. The second-order valence-corrected chi connectivity index (χ2v) is 4.01. The third kappa shape index (κ3) is 1.77. The Morgan fingerprint density at radius 3 is 2.44 bits per heavy atom. The van der Waals surface area contributed by atoms with Crippen LogP contribution in [0, 0.1) is 6.92 Å². The maximum atomic E-state index is 11.9. The molecule has 1 N–H and O–H groups in total. The lowest BCUT2D eigenvalue weighted by Crippen LogP contribution is -2.00. The van der Waals surface area contributed by atoms with Crippen molar-refractivity contribution in [2.24, 2.45) is 0 Å². The van der Waals surface area contributed by atoms with E-state index in [9.17, 15) is 9.59 Å². The summed E-state index contributed by atoms with van der Waals surface area (Å²) in [6, 6.07) is 2.65. The van der Waals surface area contributed by atoms with Crippen LogP contribution in [-0.2, 0) is 0 Å². The summed E-state index contributed by atoms with van der Waals surface area (Å²) in [5.41, 5.74) is 1.42. The van der Waals surface area contributed by atoms with Crippen molar-refractivity contribution in [1.29, 1.82) is 0 Å². The number of aromatic carboxylic acids is 1. The van der Waals surface area contributed by atoms with Crippen molar-refractivity contribution in [3.8, 4) is 0 Å². The van der Waals surface area contributed by atoms with Gasteiger partial charge in [-0.1, -0.05) is 0 Å². The number of rotatable bonds is 3. The van der Waals surface area contributed by atoms with E-state index in [-0.39, 0.29) is 17.3 Å². The summed E-state index contributed by atoms with van der Waals surface area (Å²) in [5, 5.41) is 12.2. The molecular formula is C11H8O4S. The number of carboxylic acids is 1. The lowest BCUT2D eigenvalue weighted by Gasteiger charge is -1.95. The zero-order valence-electron chi connectivity index (χ0n) is 8.39. The zero-order chi connectivity index (χ0) is 11.7. The van der Waals surface area contributed by atoms with Crippen LogP contribution in [0.3, 0.4) is 0 Å². The predicted octanol–water partition coefficient (Wildman–Crippen LogP) is 2.58. The predicted molar refractivity (Wildman–Crippen MR) is 58.2 cm³/mol. The summed E-state index contributed by atoms with van der Waals surface area (Å²) in [5.74, 6) is -1.64. The molecule has 0 fully saturated rings. The SMILES string of the molecule is Cc1cscc1C(=O)c1ccc(C(=O)O)o1. The van der Waals surface area contributed by atoms with Gasteiger partial charge in [0.2, 0.25) is 11.5 Å². The molecule has 2 aromatic heterocycles. The van der Waals surface area contributed by atoms with Gasteiger partial charge in [0.25, 0.3) is 0 Å². The van der Waals surface area contributed by atoms with Crippen LogP contribution in [0.4, 0.5) is 0 Å². The maximum Gasteiger partial charge on any atom is 0.371 e. The fraction of sp³-hybridized carbons (Fsp3) is 0.0909. The molecule has 0 saturated heterocycles. The molecule has 82 valence electrons. The molecule has 0 aliphatic rings. The summed E-state index contributed by atoms with van der Waals surface area (Å²) in [6.45, 7) is 1.82. The highest BCUT2D eigenvalue weighted by atomic mass is 32.1. The Bertz CT molecular complexity index is 550. The van der Waals surface area contributed by atoms with Gasteiger partial charge < -0.3 is 9.52 Å². The molecule has 0 saturated carbocycles. The van der Waals surface area contributed by atoms with E-state index in [0.717, 1.165) is 5.56 Å².